The number of amides is 2. The van der Waals surface area contributed by atoms with Crippen molar-refractivity contribution in [3.8, 4) is 0 Å². The molecule has 0 saturated heterocycles. The molecule has 5 heteroatoms. The number of nitrogens with one attached hydrogen (secondary N) is 2. The van der Waals surface area contributed by atoms with Crippen molar-refractivity contribution in [1.82, 2.24) is 10.6 Å². The predicted molar refractivity (Wildman–Crippen MR) is 57.7 cm³/mol. The monoisotopic (exact) mass is 216 g/mol. The van der Waals surface area contributed by atoms with Crippen molar-refractivity contribution < 1.29 is 14.7 Å². The Morgan fingerprint density at radius 2 is 1.93 bits per heavy atom. The van der Waals surface area contributed by atoms with Crippen molar-refractivity contribution >= 4 is 12.0 Å². The molecule has 0 rings (SSSR count). The lowest BCUT2D eigenvalue weighted by Gasteiger charge is -2.20. The smallest absolute Gasteiger partial charge is 0.315 e. The summed E-state index contributed by atoms with van der Waals surface area (Å²) in [5.74, 6) is -0.794. The van der Waals surface area contributed by atoms with Gasteiger partial charge in [-0.2, -0.15) is 0 Å². The van der Waals surface area contributed by atoms with Gasteiger partial charge in [0.15, 0.2) is 0 Å². The minimum Gasteiger partial charge on any atom is -0.481 e. The van der Waals surface area contributed by atoms with Gasteiger partial charge in [0.2, 0.25) is 0 Å². The highest BCUT2D eigenvalue weighted by molar-refractivity contribution is 5.75. The molecule has 2 amide bonds. The molecular weight excluding hydrogens is 196 g/mol. The van der Waals surface area contributed by atoms with Gasteiger partial charge in [0.1, 0.15) is 0 Å². The van der Waals surface area contributed by atoms with Crippen LogP contribution in [-0.4, -0.2) is 29.7 Å². The molecule has 0 fully saturated rings. The number of carboxylic acid groups (broad SMARTS) is 1. The van der Waals surface area contributed by atoms with Crippen LogP contribution in [0.5, 0.6) is 0 Å². The van der Waals surface area contributed by atoms with Crippen LogP contribution in [0.2, 0.25) is 0 Å². The number of urea groups is 1. The molecule has 15 heavy (non-hydrogen) atoms. The van der Waals surface area contributed by atoms with Crippen LogP contribution in [0.15, 0.2) is 0 Å². The summed E-state index contributed by atoms with van der Waals surface area (Å²) >= 11 is 0. The fraction of sp³-hybridized carbons (Fsp3) is 0.800. The van der Waals surface area contributed by atoms with E-state index in [0.29, 0.717) is 6.54 Å². The van der Waals surface area contributed by atoms with E-state index in [-0.39, 0.29) is 24.4 Å². The first-order chi connectivity index (χ1) is 6.97. The molecule has 0 aromatic heterocycles. The first-order valence-corrected chi connectivity index (χ1v) is 5.23. The van der Waals surface area contributed by atoms with E-state index < -0.39 is 5.97 Å². The van der Waals surface area contributed by atoms with Gasteiger partial charge in [0.25, 0.3) is 0 Å². The van der Waals surface area contributed by atoms with Crippen LogP contribution in [0.25, 0.3) is 0 Å². The molecule has 88 valence electrons. The molecule has 1 unspecified atom stereocenters. The molecule has 0 aliphatic rings. The standard InChI is InChI=1S/C10H20N2O3/c1-4-5-11-10(15)12-8(7(2)3)6-9(13)14/h7-8H,4-6H2,1-3H3,(H,13,14)(H2,11,12,15). The molecule has 0 bridgehead atoms. The predicted octanol–water partition coefficient (Wildman–Crippen LogP) is 1.19. The second kappa shape index (κ2) is 7.09. The number of rotatable bonds is 6. The SMILES string of the molecule is CCCNC(=O)NC(CC(=O)O)C(C)C. The summed E-state index contributed by atoms with van der Waals surface area (Å²) in [6.07, 6.45) is 0.815. The topological polar surface area (TPSA) is 78.4 Å². The van der Waals surface area contributed by atoms with E-state index in [1.807, 2.05) is 20.8 Å². The Kier molecular flexibility index (Phi) is 6.49. The van der Waals surface area contributed by atoms with Gasteiger partial charge in [-0.25, -0.2) is 4.79 Å². The molecule has 0 aliphatic heterocycles. The lowest BCUT2D eigenvalue weighted by Crippen LogP contribution is -2.45. The molecule has 0 spiro atoms. The minimum atomic E-state index is -0.899. The highest BCUT2D eigenvalue weighted by Gasteiger charge is 2.18. The van der Waals surface area contributed by atoms with Gasteiger partial charge >= 0.3 is 12.0 Å². The molecule has 0 aromatic carbocycles. The van der Waals surface area contributed by atoms with Crippen molar-refractivity contribution in [2.24, 2.45) is 5.92 Å². The van der Waals surface area contributed by atoms with E-state index in [0.717, 1.165) is 6.42 Å². The molecule has 0 heterocycles. The van der Waals surface area contributed by atoms with Crippen LogP contribution in [0.4, 0.5) is 4.79 Å². The molecular formula is C10H20N2O3. The van der Waals surface area contributed by atoms with Crippen LogP contribution in [0.1, 0.15) is 33.6 Å². The van der Waals surface area contributed by atoms with Crippen molar-refractivity contribution in [1.29, 1.82) is 0 Å². The van der Waals surface area contributed by atoms with Crippen LogP contribution in [0.3, 0.4) is 0 Å². The van der Waals surface area contributed by atoms with Crippen molar-refractivity contribution in [2.45, 2.75) is 39.7 Å². The lowest BCUT2D eigenvalue weighted by molar-refractivity contribution is -0.137. The minimum absolute atomic E-state index is 0.0444. The summed E-state index contributed by atoms with van der Waals surface area (Å²) in [4.78, 5) is 21.8. The molecule has 0 aliphatic carbocycles. The Morgan fingerprint density at radius 1 is 1.33 bits per heavy atom. The van der Waals surface area contributed by atoms with Gasteiger partial charge in [-0.1, -0.05) is 20.8 Å². The zero-order valence-electron chi connectivity index (χ0n) is 9.54. The lowest BCUT2D eigenvalue weighted by atomic mass is 10.0. The largest absolute Gasteiger partial charge is 0.481 e. The molecule has 3 N–H and O–H groups in total. The Balaban J connectivity index is 4.04. The fourth-order valence-corrected chi connectivity index (χ4v) is 1.10. The second-order valence-corrected chi connectivity index (χ2v) is 3.85. The second-order valence-electron chi connectivity index (χ2n) is 3.85. The normalized spacial score (nSPS) is 12.3. The number of aliphatic carboxylic acids is 1. The first kappa shape index (κ1) is 13.7. The average Bonchev–Trinajstić information content (AvgIpc) is 2.12. The molecule has 0 saturated carbocycles. The number of hydrogen-bond donors (Lipinski definition) is 3. The number of hydrogen-bond acceptors (Lipinski definition) is 2. The number of carbonyl (C=O) groups excluding carboxylic acids is 1. The summed E-state index contributed by atoms with van der Waals surface area (Å²) in [7, 11) is 0. The molecule has 0 aromatic rings. The van der Waals surface area contributed by atoms with Gasteiger partial charge in [-0.15, -0.1) is 0 Å². The first-order valence-electron chi connectivity index (χ1n) is 5.23. The van der Waals surface area contributed by atoms with Crippen LogP contribution in [0, 0.1) is 5.92 Å². The average molecular weight is 216 g/mol. The third-order valence-corrected chi connectivity index (χ3v) is 2.05. The molecule has 1 atom stereocenters. The van der Waals surface area contributed by atoms with Gasteiger partial charge in [-0.05, 0) is 12.3 Å². The fourth-order valence-electron chi connectivity index (χ4n) is 1.10. The zero-order chi connectivity index (χ0) is 11.8. The van der Waals surface area contributed by atoms with E-state index in [1.165, 1.54) is 0 Å². The third kappa shape index (κ3) is 6.76. The summed E-state index contributed by atoms with van der Waals surface area (Å²) in [5.41, 5.74) is 0. The Labute approximate surface area is 90.2 Å². The van der Waals surface area contributed by atoms with Crippen molar-refractivity contribution in [2.75, 3.05) is 6.54 Å². The highest BCUT2D eigenvalue weighted by atomic mass is 16.4. The third-order valence-electron chi connectivity index (χ3n) is 2.05. The van der Waals surface area contributed by atoms with Crippen molar-refractivity contribution in [3.05, 3.63) is 0 Å². The maximum absolute atomic E-state index is 11.3. The number of carboxylic acids is 1. The van der Waals surface area contributed by atoms with E-state index >= 15 is 0 Å². The molecule has 5 nitrogen and oxygen atoms in total. The maximum Gasteiger partial charge on any atom is 0.315 e. The Morgan fingerprint density at radius 3 is 2.33 bits per heavy atom. The van der Waals surface area contributed by atoms with Crippen LogP contribution in [-0.2, 0) is 4.79 Å². The summed E-state index contributed by atoms with van der Waals surface area (Å²) in [6, 6.07) is -0.615. The van der Waals surface area contributed by atoms with E-state index in [9.17, 15) is 9.59 Å². The Hall–Kier alpha value is -1.26. The summed E-state index contributed by atoms with van der Waals surface area (Å²) in [5, 5.41) is 13.9. The number of carbonyl (C=O) groups is 2. The Bertz CT molecular complexity index is 217. The van der Waals surface area contributed by atoms with Gasteiger partial charge in [0, 0.05) is 12.6 Å². The maximum atomic E-state index is 11.3. The molecule has 0 radical (unpaired) electrons. The summed E-state index contributed by atoms with van der Waals surface area (Å²) in [6.45, 7) is 6.32. The van der Waals surface area contributed by atoms with Crippen LogP contribution < -0.4 is 10.6 Å². The van der Waals surface area contributed by atoms with Gasteiger partial charge in [-0.3, -0.25) is 4.79 Å². The van der Waals surface area contributed by atoms with Gasteiger partial charge < -0.3 is 15.7 Å². The quantitative estimate of drug-likeness (QED) is 0.624. The van der Waals surface area contributed by atoms with E-state index in [4.69, 9.17) is 5.11 Å². The van der Waals surface area contributed by atoms with Gasteiger partial charge in [0.05, 0.1) is 6.42 Å². The van der Waals surface area contributed by atoms with E-state index in [2.05, 4.69) is 10.6 Å². The van der Waals surface area contributed by atoms with E-state index in [1.54, 1.807) is 0 Å². The van der Waals surface area contributed by atoms with Crippen LogP contribution >= 0.6 is 0 Å². The highest BCUT2D eigenvalue weighted by Crippen LogP contribution is 2.05. The zero-order valence-corrected chi connectivity index (χ0v) is 9.54. The van der Waals surface area contributed by atoms with Crippen molar-refractivity contribution in [3.63, 3.8) is 0 Å². The summed E-state index contributed by atoms with van der Waals surface area (Å²) < 4.78 is 0.